The zero-order valence-electron chi connectivity index (χ0n) is 12.5. The molecule has 5 nitrogen and oxygen atoms in total. The molecule has 1 unspecified atom stereocenters. The molecular weight excluding hydrogens is 254 g/mol. The molecule has 1 aliphatic rings. The molecule has 1 aromatic heterocycles. The molecule has 0 spiro atoms. The van der Waals surface area contributed by atoms with Crippen molar-refractivity contribution >= 4 is 5.91 Å². The molecule has 1 atom stereocenters. The quantitative estimate of drug-likeness (QED) is 0.776. The zero-order valence-corrected chi connectivity index (χ0v) is 12.5. The highest BCUT2D eigenvalue weighted by Gasteiger charge is 2.22. The number of carbonyl (C=O) groups is 1. The van der Waals surface area contributed by atoms with Crippen LogP contribution in [0.5, 0.6) is 0 Å². The van der Waals surface area contributed by atoms with Gasteiger partial charge < -0.3 is 9.42 Å². The van der Waals surface area contributed by atoms with E-state index in [0.717, 1.165) is 19.3 Å². The van der Waals surface area contributed by atoms with Gasteiger partial charge in [0.25, 0.3) is 0 Å². The van der Waals surface area contributed by atoms with Crippen molar-refractivity contribution in [1.29, 1.82) is 0 Å². The summed E-state index contributed by atoms with van der Waals surface area (Å²) in [7, 11) is 1.85. The predicted molar refractivity (Wildman–Crippen MR) is 76.2 cm³/mol. The van der Waals surface area contributed by atoms with Crippen molar-refractivity contribution in [3.05, 3.63) is 23.9 Å². The SMILES string of the molecule is CC(C)c1nc(CCN(C)C(=O)C2CC=CCC2)no1. The largest absolute Gasteiger partial charge is 0.345 e. The number of rotatable bonds is 5. The van der Waals surface area contributed by atoms with Crippen LogP contribution in [0.2, 0.25) is 0 Å². The average molecular weight is 277 g/mol. The van der Waals surface area contributed by atoms with E-state index in [0.29, 0.717) is 24.7 Å². The molecule has 5 heteroatoms. The van der Waals surface area contributed by atoms with Crippen LogP contribution in [-0.2, 0) is 11.2 Å². The van der Waals surface area contributed by atoms with Crippen LogP contribution in [0.4, 0.5) is 0 Å². The van der Waals surface area contributed by atoms with Crippen molar-refractivity contribution in [1.82, 2.24) is 15.0 Å². The Hall–Kier alpha value is -1.65. The van der Waals surface area contributed by atoms with E-state index in [1.165, 1.54) is 0 Å². The topological polar surface area (TPSA) is 59.2 Å². The van der Waals surface area contributed by atoms with E-state index >= 15 is 0 Å². The molecule has 0 N–H and O–H groups in total. The summed E-state index contributed by atoms with van der Waals surface area (Å²) in [4.78, 5) is 18.4. The van der Waals surface area contributed by atoms with Crippen LogP contribution in [-0.4, -0.2) is 34.5 Å². The van der Waals surface area contributed by atoms with E-state index in [2.05, 4.69) is 22.3 Å². The van der Waals surface area contributed by atoms with Crippen molar-refractivity contribution in [3.8, 4) is 0 Å². The molecule has 1 aromatic rings. The first-order valence-electron chi connectivity index (χ1n) is 7.30. The third kappa shape index (κ3) is 3.68. The van der Waals surface area contributed by atoms with Crippen LogP contribution < -0.4 is 0 Å². The summed E-state index contributed by atoms with van der Waals surface area (Å²) < 4.78 is 5.16. The van der Waals surface area contributed by atoms with Gasteiger partial charge in [0.05, 0.1) is 0 Å². The summed E-state index contributed by atoms with van der Waals surface area (Å²) in [6.07, 6.45) is 7.72. The minimum Gasteiger partial charge on any atom is -0.345 e. The molecule has 0 radical (unpaired) electrons. The lowest BCUT2D eigenvalue weighted by atomic mass is 9.93. The van der Waals surface area contributed by atoms with E-state index in [9.17, 15) is 4.79 Å². The fourth-order valence-corrected chi connectivity index (χ4v) is 2.31. The number of aromatic nitrogens is 2. The number of amides is 1. The fraction of sp³-hybridized carbons (Fsp3) is 0.667. The van der Waals surface area contributed by atoms with Gasteiger partial charge in [-0.15, -0.1) is 0 Å². The average Bonchev–Trinajstić information content (AvgIpc) is 2.94. The predicted octanol–water partition coefficient (Wildman–Crippen LogP) is 2.55. The van der Waals surface area contributed by atoms with Crippen LogP contribution in [0, 0.1) is 5.92 Å². The van der Waals surface area contributed by atoms with E-state index in [1.54, 1.807) is 4.90 Å². The maximum Gasteiger partial charge on any atom is 0.229 e. The summed E-state index contributed by atoms with van der Waals surface area (Å²) in [5, 5.41) is 3.95. The second-order valence-electron chi connectivity index (χ2n) is 5.69. The molecule has 0 aliphatic heterocycles. The standard InChI is InChI=1S/C15H23N3O2/c1-11(2)14-16-13(17-20-14)9-10-18(3)15(19)12-7-5-4-6-8-12/h4-5,11-12H,6-10H2,1-3H3. The lowest BCUT2D eigenvalue weighted by Crippen LogP contribution is -2.34. The molecular formula is C15H23N3O2. The van der Waals surface area contributed by atoms with E-state index in [-0.39, 0.29) is 17.7 Å². The molecule has 0 aromatic carbocycles. The lowest BCUT2D eigenvalue weighted by Gasteiger charge is -2.24. The van der Waals surface area contributed by atoms with Crippen LogP contribution >= 0.6 is 0 Å². The van der Waals surface area contributed by atoms with Crippen molar-refractivity contribution in [2.45, 2.75) is 45.4 Å². The zero-order chi connectivity index (χ0) is 14.5. The first kappa shape index (κ1) is 14.8. The van der Waals surface area contributed by atoms with Gasteiger partial charge >= 0.3 is 0 Å². The first-order valence-corrected chi connectivity index (χ1v) is 7.30. The summed E-state index contributed by atoms with van der Waals surface area (Å²) in [5.74, 6) is 1.94. The number of hydrogen-bond donors (Lipinski definition) is 0. The minimum absolute atomic E-state index is 0.140. The van der Waals surface area contributed by atoms with Crippen LogP contribution in [0.25, 0.3) is 0 Å². The third-order valence-electron chi connectivity index (χ3n) is 3.64. The van der Waals surface area contributed by atoms with Crippen molar-refractivity contribution in [2.75, 3.05) is 13.6 Å². The Kier molecular flexibility index (Phi) is 4.93. The number of nitrogens with zero attached hydrogens (tertiary/aromatic N) is 3. The Labute approximate surface area is 120 Å². The summed E-state index contributed by atoms with van der Waals surface area (Å²) in [6, 6.07) is 0. The van der Waals surface area contributed by atoms with Gasteiger partial charge in [-0.3, -0.25) is 4.79 Å². The first-order chi connectivity index (χ1) is 9.58. The van der Waals surface area contributed by atoms with Gasteiger partial charge in [-0.25, -0.2) is 0 Å². The number of carbonyl (C=O) groups excluding carboxylic acids is 1. The second kappa shape index (κ2) is 6.68. The smallest absolute Gasteiger partial charge is 0.229 e. The van der Waals surface area contributed by atoms with E-state index in [4.69, 9.17) is 4.52 Å². The minimum atomic E-state index is 0.140. The van der Waals surface area contributed by atoms with Gasteiger partial charge in [0.1, 0.15) is 0 Å². The Morgan fingerprint density at radius 2 is 2.30 bits per heavy atom. The van der Waals surface area contributed by atoms with Gasteiger partial charge in [0.2, 0.25) is 11.8 Å². The lowest BCUT2D eigenvalue weighted by molar-refractivity contribution is -0.134. The molecule has 1 heterocycles. The highest BCUT2D eigenvalue weighted by atomic mass is 16.5. The monoisotopic (exact) mass is 277 g/mol. The third-order valence-corrected chi connectivity index (χ3v) is 3.64. The summed E-state index contributed by atoms with van der Waals surface area (Å²) in [5.41, 5.74) is 0. The molecule has 0 saturated carbocycles. The second-order valence-corrected chi connectivity index (χ2v) is 5.69. The Balaban J connectivity index is 1.83. The Morgan fingerprint density at radius 3 is 2.90 bits per heavy atom. The van der Waals surface area contributed by atoms with Crippen LogP contribution in [0.15, 0.2) is 16.7 Å². The molecule has 0 saturated heterocycles. The number of allylic oxidation sites excluding steroid dienone is 2. The highest BCUT2D eigenvalue weighted by Crippen LogP contribution is 2.20. The highest BCUT2D eigenvalue weighted by molar-refractivity contribution is 5.78. The van der Waals surface area contributed by atoms with Crippen molar-refractivity contribution < 1.29 is 9.32 Å². The summed E-state index contributed by atoms with van der Waals surface area (Å²) >= 11 is 0. The maximum absolute atomic E-state index is 12.3. The van der Waals surface area contributed by atoms with Crippen LogP contribution in [0.1, 0.15) is 50.7 Å². The Bertz CT molecular complexity index is 479. The Morgan fingerprint density at radius 1 is 1.50 bits per heavy atom. The normalized spacial score (nSPS) is 18.5. The molecule has 0 fully saturated rings. The molecule has 1 aliphatic carbocycles. The van der Waals surface area contributed by atoms with Crippen molar-refractivity contribution in [3.63, 3.8) is 0 Å². The van der Waals surface area contributed by atoms with Crippen molar-refractivity contribution in [2.24, 2.45) is 5.92 Å². The number of likely N-dealkylation sites (N-methyl/N-ethyl adjacent to an activating group) is 1. The molecule has 1 amide bonds. The van der Waals surface area contributed by atoms with Crippen LogP contribution in [0.3, 0.4) is 0 Å². The van der Waals surface area contributed by atoms with Gasteiger partial charge in [-0.2, -0.15) is 4.98 Å². The molecule has 20 heavy (non-hydrogen) atoms. The number of hydrogen-bond acceptors (Lipinski definition) is 4. The molecule has 110 valence electrons. The van der Waals surface area contributed by atoms with Gasteiger partial charge in [-0.1, -0.05) is 31.2 Å². The fourth-order valence-electron chi connectivity index (χ4n) is 2.31. The molecule has 0 bridgehead atoms. The summed E-state index contributed by atoms with van der Waals surface area (Å²) in [6.45, 7) is 4.67. The van der Waals surface area contributed by atoms with Gasteiger partial charge in [0.15, 0.2) is 5.82 Å². The van der Waals surface area contributed by atoms with Gasteiger partial charge in [-0.05, 0) is 19.3 Å². The molecule has 2 rings (SSSR count). The van der Waals surface area contributed by atoms with Gasteiger partial charge in [0, 0.05) is 31.8 Å². The van der Waals surface area contributed by atoms with E-state index < -0.39 is 0 Å². The van der Waals surface area contributed by atoms with E-state index in [1.807, 2.05) is 20.9 Å². The maximum atomic E-state index is 12.3.